The fourth-order valence-corrected chi connectivity index (χ4v) is 4.69. The Morgan fingerprint density at radius 1 is 1.32 bits per heavy atom. The summed E-state index contributed by atoms with van der Waals surface area (Å²) >= 11 is 1.59. The van der Waals surface area contributed by atoms with Crippen molar-refractivity contribution >= 4 is 28.1 Å². The fraction of sp³-hybridized carbons (Fsp3) is 0.389. The minimum atomic E-state index is -0.0821. The highest BCUT2D eigenvalue weighted by molar-refractivity contribution is 7.13. The zero-order valence-corrected chi connectivity index (χ0v) is 14.6. The number of aromatic amines is 1. The van der Waals surface area contributed by atoms with Gasteiger partial charge >= 0.3 is 0 Å². The van der Waals surface area contributed by atoms with Crippen LogP contribution in [0.3, 0.4) is 0 Å². The first-order valence-corrected chi connectivity index (χ1v) is 9.57. The minimum absolute atomic E-state index is 0.0821. The molecule has 2 bridgehead atoms. The van der Waals surface area contributed by atoms with Gasteiger partial charge in [0.05, 0.1) is 5.52 Å². The second kappa shape index (κ2) is 5.93. The lowest BCUT2D eigenvalue weighted by molar-refractivity contribution is 0.0618. The summed E-state index contributed by atoms with van der Waals surface area (Å²) in [4.78, 5) is 19.6. The minimum Gasteiger partial charge on any atom is -0.346 e. The molecule has 2 aromatic heterocycles. The highest BCUT2D eigenvalue weighted by Crippen LogP contribution is 2.29. The molecule has 1 amide bonds. The van der Waals surface area contributed by atoms with E-state index in [1.807, 2.05) is 23.6 Å². The van der Waals surface area contributed by atoms with E-state index in [0.717, 1.165) is 28.0 Å². The van der Waals surface area contributed by atoms with Crippen molar-refractivity contribution in [3.05, 3.63) is 35.5 Å². The second-order valence-electron chi connectivity index (χ2n) is 6.89. The lowest BCUT2D eigenvalue weighted by Crippen LogP contribution is -2.57. The van der Waals surface area contributed by atoms with Gasteiger partial charge in [0.1, 0.15) is 5.01 Å². The molecule has 1 aromatic carbocycles. The summed E-state index contributed by atoms with van der Waals surface area (Å²) in [6.07, 6.45) is 4.15. The van der Waals surface area contributed by atoms with Gasteiger partial charge in [-0.1, -0.05) is 0 Å². The van der Waals surface area contributed by atoms with Gasteiger partial charge in [0.2, 0.25) is 0 Å². The Kier molecular flexibility index (Phi) is 3.57. The summed E-state index contributed by atoms with van der Waals surface area (Å²) in [5.74, 6) is 0.520. The number of carbonyl (C=O) groups excluding carboxylic acids is 1. The van der Waals surface area contributed by atoms with Crippen LogP contribution >= 0.6 is 11.3 Å². The van der Waals surface area contributed by atoms with Crippen molar-refractivity contribution in [3.8, 4) is 10.6 Å². The average Bonchev–Trinajstić information content (AvgIpc) is 3.32. The van der Waals surface area contributed by atoms with Crippen molar-refractivity contribution < 1.29 is 4.79 Å². The number of hydrogen-bond acceptors (Lipinski definition) is 5. The van der Waals surface area contributed by atoms with Crippen LogP contribution in [0.2, 0.25) is 0 Å². The molecule has 3 saturated heterocycles. The van der Waals surface area contributed by atoms with Crippen LogP contribution in [0.5, 0.6) is 0 Å². The average molecular weight is 353 g/mol. The first kappa shape index (κ1) is 15.0. The summed E-state index contributed by atoms with van der Waals surface area (Å²) in [6, 6.07) is 6.21. The maximum absolute atomic E-state index is 12.8. The number of nitrogens with one attached hydrogen (secondary N) is 2. The van der Waals surface area contributed by atoms with Crippen molar-refractivity contribution in [1.82, 2.24) is 25.4 Å². The maximum atomic E-state index is 12.8. The van der Waals surface area contributed by atoms with E-state index >= 15 is 0 Å². The van der Waals surface area contributed by atoms with E-state index in [2.05, 4.69) is 25.4 Å². The number of benzene rings is 1. The number of piperidine rings is 3. The molecule has 3 aliphatic heterocycles. The van der Waals surface area contributed by atoms with E-state index < -0.39 is 0 Å². The van der Waals surface area contributed by atoms with Crippen LogP contribution in [0.4, 0.5) is 0 Å². The Balaban J connectivity index is 1.44. The van der Waals surface area contributed by atoms with E-state index in [-0.39, 0.29) is 11.9 Å². The molecule has 3 aromatic rings. The molecule has 3 aliphatic rings. The standard InChI is InChI=1S/C18H19N5OS/c24-17(20-15-10-23-6-3-11(15)4-7-23)16-13-9-12(18-19-5-8-25-18)1-2-14(13)21-22-16/h1-2,5,8-9,11,15H,3-4,6-7,10H2,(H,20,24)(H,21,22). The normalized spacial score (nSPS) is 25.4. The summed E-state index contributed by atoms with van der Waals surface area (Å²) in [7, 11) is 0. The van der Waals surface area contributed by atoms with E-state index in [0.29, 0.717) is 11.6 Å². The van der Waals surface area contributed by atoms with Gasteiger partial charge in [-0.25, -0.2) is 4.98 Å². The molecule has 1 unspecified atom stereocenters. The van der Waals surface area contributed by atoms with E-state index in [1.54, 1.807) is 17.5 Å². The summed E-state index contributed by atoms with van der Waals surface area (Å²) < 4.78 is 0. The van der Waals surface area contributed by atoms with Gasteiger partial charge in [-0.05, 0) is 50.0 Å². The van der Waals surface area contributed by atoms with Gasteiger partial charge in [0.15, 0.2) is 5.69 Å². The number of carbonyl (C=O) groups is 1. The first-order valence-electron chi connectivity index (χ1n) is 8.69. The van der Waals surface area contributed by atoms with Crippen LogP contribution in [-0.2, 0) is 0 Å². The molecule has 6 rings (SSSR count). The van der Waals surface area contributed by atoms with Crippen molar-refractivity contribution in [2.45, 2.75) is 18.9 Å². The molecule has 6 nitrogen and oxygen atoms in total. The molecule has 1 atom stereocenters. The van der Waals surface area contributed by atoms with Gasteiger partial charge in [0, 0.05) is 35.1 Å². The monoisotopic (exact) mass is 353 g/mol. The van der Waals surface area contributed by atoms with Crippen molar-refractivity contribution in [1.29, 1.82) is 0 Å². The molecule has 2 N–H and O–H groups in total. The molecule has 25 heavy (non-hydrogen) atoms. The molecule has 7 heteroatoms. The molecule has 0 saturated carbocycles. The lowest BCUT2D eigenvalue weighted by Gasteiger charge is -2.44. The van der Waals surface area contributed by atoms with Gasteiger partial charge in [0.25, 0.3) is 5.91 Å². The summed E-state index contributed by atoms with van der Waals surface area (Å²) in [5, 5.41) is 14.2. The van der Waals surface area contributed by atoms with Crippen LogP contribution in [0.25, 0.3) is 21.5 Å². The molecule has 0 aliphatic carbocycles. The molecular weight excluding hydrogens is 334 g/mol. The number of nitrogens with zero attached hydrogens (tertiary/aromatic N) is 3. The maximum Gasteiger partial charge on any atom is 0.272 e. The quantitative estimate of drug-likeness (QED) is 0.759. The van der Waals surface area contributed by atoms with Crippen LogP contribution in [0.1, 0.15) is 23.3 Å². The smallest absolute Gasteiger partial charge is 0.272 e. The highest BCUT2D eigenvalue weighted by atomic mass is 32.1. The molecular formula is C18H19N5OS. The van der Waals surface area contributed by atoms with E-state index in [4.69, 9.17) is 0 Å². The molecule has 128 valence electrons. The topological polar surface area (TPSA) is 73.9 Å². The SMILES string of the molecule is O=C(NC1CN2CCC1CC2)c1n[nH]c2ccc(-c3nccs3)cc12. The van der Waals surface area contributed by atoms with Gasteiger partial charge < -0.3 is 10.2 Å². The number of H-pyrrole nitrogens is 1. The van der Waals surface area contributed by atoms with Crippen LogP contribution in [-0.4, -0.2) is 51.7 Å². The van der Waals surface area contributed by atoms with Crippen LogP contribution < -0.4 is 5.32 Å². The van der Waals surface area contributed by atoms with Gasteiger partial charge in [-0.2, -0.15) is 5.10 Å². The number of rotatable bonds is 3. The zero-order valence-electron chi connectivity index (χ0n) is 13.7. The number of amides is 1. The van der Waals surface area contributed by atoms with E-state index in [9.17, 15) is 4.79 Å². The van der Waals surface area contributed by atoms with Crippen molar-refractivity contribution in [3.63, 3.8) is 0 Å². The van der Waals surface area contributed by atoms with Crippen LogP contribution in [0, 0.1) is 5.92 Å². The molecule has 0 spiro atoms. The zero-order chi connectivity index (χ0) is 16.8. The highest BCUT2D eigenvalue weighted by Gasteiger charge is 2.35. The van der Waals surface area contributed by atoms with Crippen LogP contribution in [0.15, 0.2) is 29.8 Å². The molecule has 0 radical (unpaired) electrons. The number of thiazole rings is 1. The fourth-order valence-electron chi connectivity index (χ4n) is 4.05. The van der Waals surface area contributed by atoms with Crippen molar-refractivity contribution in [2.75, 3.05) is 19.6 Å². The third-order valence-electron chi connectivity index (χ3n) is 5.43. The molecule has 3 fully saturated rings. The predicted octanol–water partition coefficient (Wildman–Crippen LogP) is 2.51. The van der Waals surface area contributed by atoms with Gasteiger partial charge in [-0.3, -0.25) is 9.89 Å². The molecule has 5 heterocycles. The third-order valence-corrected chi connectivity index (χ3v) is 6.25. The van der Waals surface area contributed by atoms with Crippen molar-refractivity contribution in [2.24, 2.45) is 5.92 Å². The van der Waals surface area contributed by atoms with Gasteiger partial charge in [-0.15, -0.1) is 11.3 Å². The second-order valence-corrected chi connectivity index (χ2v) is 7.78. The number of fused-ring (bicyclic) bond motifs is 4. The largest absolute Gasteiger partial charge is 0.346 e. The lowest BCUT2D eigenvalue weighted by atomic mass is 9.84. The number of hydrogen-bond donors (Lipinski definition) is 2. The Bertz CT molecular complexity index is 911. The third kappa shape index (κ3) is 2.63. The Labute approximate surface area is 149 Å². The first-order chi connectivity index (χ1) is 12.3. The Morgan fingerprint density at radius 2 is 2.20 bits per heavy atom. The predicted molar refractivity (Wildman–Crippen MR) is 97.6 cm³/mol. The Morgan fingerprint density at radius 3 is 2.92 bits per heavy atom. The summed E-state index contributed by atoms with van der Waals surface area (Å²) in [6.45, 7) is 3.29. The van der Waals surface area contributed by atoms with E-state index in [1.165, 1.54) is 25.9 Å². The number of aromatic nitrogens is 3. The summed E-state index contributed by atoms with van der Waals surface area (Å²) in [5.41, 5.74) is 2.37. The Hall–Kier alpha value is -2.25.